The van der Waals surface area contributed by atoms with Crippen molar-refractivity contribution in [3.63, 3.8) is 0 Å². The third-order valence-electron chi connectivity index (χ3n) is 3.67. The lowest BCUT2D eigenvalue weighted by atomic mass is 10.0. The Balaban J connectivity index is 2.25. The van der Waals surface area contributed by atoms with E-state index in [1.807, 2.05) is 10.8 Å². The van der Waals surface area contributed by atoms with Gasteiger partial charge in [0.25, 0.3) is 0 Å². The maximum Gasteiger partial charge on any atom is 0.325 e. The van der Waals surface area contributed by atoms with E-state index in [9.17, 15) is 9.90 Å². The van der Waals surface area contributed by atoms with Crippen LogP contribution in [0.15, 0.2) is 36.9 Å². The zero-order valence-corrected chi connectivity index (χ0v) is 13.5. The fourth-order valence-corrected chi connectivity index (χ4v) is 2.51. The van der Waals surface area contributed by atoms with Gasteiger partial charge in [-0.1, -0.05) is 12.1 Å². The Hall–Kier alpha value is -2.54. The van der Waals surface area contributed by atoms with Crippen LogP contribution in [0.4, 0.5) is 0 Å². The van der Waals surface area contributed by atoms with Gasteiger partial charge in [-0.15, -0.1) is 0 Å². The fraction of sp³-hybridized carbons (Fsp3) is 0.375. The summed E-state index contributed by atoms with van der Waals surface area (Å²) in [7, 11) is 4.81. The number of likely N-dealkylation sites (N-methyl/N-ethyl adjacent to an activating group) is 1. The van der Waals surface area contributed by atoms with Crippen molar-refractivity contribution in [2.24, 2.45) is 0 Å². The molecule has 0 aliphatic heterocycles. The number of imidazole rings is 1. The third kappa shape index (κ3) is 3.81. The molecule has 0 aliphatic rings. The van der Waals surface area contributed by atoms with Gasteiger partial charge in [0.2, 0.25) is 0 Å². The van der Waals surface area contributed by atoms with Crippen molar-refractivity contribution in [1.29, 1.82) is 0 Å². The molecule has 2 rings (SSSR count). The number of carbonyl (C=O) groups is 1. The molecule has 0 aliphatic carbocycles. The summed E-state index contributed by atoms with van der Waals surface area (Å²) in [4.78, 5) is 17.6. The number of aromatic nitrogens is 2. The Morgan fingerprint density at radius 3 is 2.74 bits per heavy atom. The summed E-state index contributed by atoms with van der Waals surface area (Å²) < 4.78 is 12.5. The molecule has 1 aromatic heterocycles. The molecular weight excluding hydrogens is 298 g/mol. The Morgan fingerprint density at radius 1 is 1.39 bits per heavy atom. The summed E-state index contributed by atoms with van der Waals surface area (Å²) in [6, 6.07) is 4.42. The molecule has 2 aromatic rings. The van der Waals surface area contributed by atoms with E-state index in [-0.39, 0.29) is 0 Å². The molecule has 0 saturated heterocycles. The van der Waals surface area contributed by atoms with Crippen molar-refractivity contribution in [1.82, 2.24) is 14.5 Å². The van der Waals surface area contributed by atoms with Crippen molar-refractivity contribution in [2.45, 2.75) is 12.6 Å². The van der Waals surface area contributed by atoms with E-state index in [0.717, 1.165) is 0 Å². The minimum absolute atomic E-state index is 0.442. The molecule has 0 unspecified atom stereocenters. The SMILES string of the molecule is COc1cccc([C@@H](C(=O)O)N(C)CCn2ccnc2)c1OC. The highest BCUT2D eigenvalue weighted by Crippen LogP contribution is 2.36. The molecule has 7 nitrogen and oxygen atoms in total. The van der Waals surface area contributed by atoms with Crippen molar-refractivity contribution in [2.75, 3.05) is 27.8 Å². The van der Waals surface area contributed by atoms with Crippen molar-refractivity contribution in [3.8, 4) is 11.5 Å². The quantitative estimate of drug-likeness (QED) is 0.797. The number of benzene rings is 1. The minimum Gasteiger partial charge on any atom is -0.493 e. The third-order valence-corrected chi connectivity index (χ3v) is 3.67. The molecule has 124 valence electrons. The molecule has 1 atom stereocenters. The zero-order valence-electron chi connectivity index (χ0n) is 13.5. The van der Waals surface area contributed by atoms with Gasteiger partial charge in [0.05, 0.1) is 20.5 Å². The highest BCUT2D eigenvalue weighted by molar-refractivity contribution is 5.77. The second kappa shape index (κ2) is 7.64. The Morgan fingerprint density at radius 2 is 2.17 bits per heavy atom. The summed E-state index contributed by atoms with van der Waals surface area (Å²) in [5.74, 6) is 0.0147. The Labute approximate surface area is 135 Å². The first-order chi connectivity index (χ1) is 11.1. The number of hydrogen-bond donors (Lipinski definition) is 1. The van der Waals surface area contributed by atoms with Crippen LogP contribution in [0.2, 0.25) is 0 Å². The summed E-state index contributed by atoms with van der Waals surface area (Å²) in [6.07, 6.45) is 5.24. The number of para-hydroxylation sites is 1. The van der Waals surface area contributed by atoms with Crippen LogP contribution >= 0.6 is 0 Å². The van der Waals surface area contributed by atoms with Gasteiger partial charge in [-0.3, -0.25) is 9.69 Å². The molecule has 23 heavy (non-hydrogen) atoms. The van der Waals surface area contributed by atoms with E-state index in [1.54, 1.807) is 42.7 Å². The fourth-order valence-electron chi connectivity index (χ4n) is 2.51. The van der Waals surface area contributed by atoms with Gasteiger partial charge in [-0.25, -0.2) is 4.98 Å². The van der Waals surface area contributed by atoms with E-state index in [0.29, 0.717) is 30.2 Å². The molecule has 0 fully saturated rings. The lowest BCUT2D eigenvalue weighted by molar-refractivity contribution is -0.143. The summed E-state index contributed by atoms with van der Waals surface area (Å²) in [6.45, 7) is 1.19. The van der Waals surface area contributed by atoms with Crippen molar-refractivity contribution in [3.05, 3.63) is 42.5 Å². The van der Waals surface area contributed by atoms with Gasteiger partial charge in [-0.2, -0.15) is 0 Å². The summed E-state index contributed by atoms with van der Waals surface area (Å²) in [5, 5.41) is 9.68. The van der Waals surface area contributed by atoms with Crippen LogP contribution in [0, 0.1) is 0 Å². The number of methoxy groups -OCH3 is 2. The van der Waals surface area contributed by atoms with Crippen LogP contribution in [-0.4, -0.2) is 53.3 Å². The maximum atomic E-state index is 11.8. The first-order valence-corrected chi connectivity index (χ1v) is 7.18. The number of aliphatic carboxylic acids is 1. The predicted molar refractivity (Wildman–Crippen MR) is 84.8 cm³/mol. The largest absolute Gasteiger partial charge is 0.493 e. The van der Waals surface area contributed by atoms with E-state index < -0.39 is 12.0 Å². The molecule has 0 saturated carbocycles. The molecule has 7 heteroatoms. The van der Waals surface area contributed by atoms with Crippen LogP contribution < -0.4 is 9.47 Å². The standard InChI is InChI=1S/C16H21N3O4/c1-18(9-10-19-8-7-17-11-19)14(16(20)21)12-5-4-6-13(22-2)15(12)23-3/h4-8,11,14H,9-10H2,1-3H3,(H,20,21)/t14-/m0/s1. The molecule has 0 bridgehead atoms. The van der Waals surface area contributed by atoms with E-state index in [1.165, 1.54) is 14.2 Å². The summed E-state index contributed by atoms with van der Waals surface area (Å²) in [5.41, 5.74) is 0.562. The van der Waals surface area contributed by atoms with Gasteiger partial charge in [0.15, 0.2) is 11.5 Å². The normalized spacial score (nSPS) is 12.2. The summed E-state index contributed by atoms with van der Waals surface area (Å²) >= 11 is 0. The second-order valence-electron chi connectivity index (χ2n) is 5.10. The molecule has 0 spiro atoms. The maximum absolute atomic E-state index is 11.8. The molecule has 1 aromatic carbocycles. The molecule has 0 radical (unpaired) electrons. The number of rotatable bonds is 8. The number of carboxylic acids is 1. The Bertz CT molecular complexity index is 643. The number of carboxylic acid groups (broad SMARTS) is 1. The van der Waals surface area contributed by atoms with Gasteiger partial charge >= 0.3 is 5.97 Å². The van der Waals surface area contributed by atoms with Crippen LogP contribution in [0.25, 0.3) is 0 Å². The second-order valence-corrected chi connectivity index (χ2v) is 5.10. The van der Waals surface area contributed by atoms with E-state index in [2.05, 4.69) is 4.98 Å². The lowest BCUT2D eigenvalue weighted by Crippen LogP contribution is -2.33. The van der Waals surface area contributed by atoms with Crippen LogP contribution in [0.3, 0.4) is 0 Å². The van der Waals surface area contributed by atoms with E-state index >= 15 is 0 Å². The molecule has 0 amide bonds. The number of hydrogen-bond acceptors (Lipinski definition) is 5. The van der Waals surface area contributed by atoms with Crippen LogP contribution in [0.1, 0.15) is 11.6 Å². The van der Waals surface area contributed by atoms with Crippen molar-refractivity contribution >= 4 is 5.97 Å². The molecular formula is C16H21N3O4. The molecule has 1 N–H and O–H groups in total. The predicted octanol–water partition coefficient (Wildman–Crippen LogP) is 1.66. The highest BCUT2D eigenvalue weighted by atomic mass is 16.5. The zero-order chi connectivity index (χ0) is 16.8. The smallest absolute Gasteiger partial charge is 0.325 e. The molecule has 1 heterocycles. The van der Waals surface area contributed by atoms with Gasteiger partial charge in [0, 0.05) is 31.0 Å². The minimum atomic E-state index is -0.940. The van der Waals surface area contributed by atoms with Gasteiger partial charge in [0.1, 0.15) is 6.04 Å². The first kappa shape index (κ1) is 16.8. The van der Waals surface area contributed by atoms with Crippen LogP contribution in [0.5, 0.6) is 11.5 Å². The highest BCUT2D eigenvalue weighted by Gasteiger charge is 2.29. The van der Waals surface area contributed by atoms with E-state index in [4.69, 9.17) is 9.47 Å². The average molecular weight is 319 g/mol. The van der Waals surface area contributed by atoms with Crippen molar-refractivity contribution < 1.29 is 19.4 Å². The lowest BCUT2D eigenvalue weighted by Gasteiger charge is -2.26. The van der Waals surface area contributed by atoms with Crippen LogP contribution in [-0.2, 0) is 11.3 Å². The topological polar surface area (TPSA) is 76.8 Å². The number of ether oxygens (including phenoxy) is 2. The van der Waals surface area contributed by atoms with Gasteiger partial charge in [-0.05, 0) is 13.1 Å². The Kier molecular flexibility index (Phi) is 5.59. The monoisotopic (exact) mass is 319 g/mol. The number of nitrogens with zero attached hydrogens (tertiary/aromatic N) is 3. The first-order valence-electron chi connectivity index (χ1n) is 7.18. The van der Waals surface area contributed by atoms with Gasteiger partial charge < -0.3 is 19.1 Å². The average Bonchev–Trinajstić information content (AvgIpc) is 3.05.